The van der Waals surface area contributed by atoms with Gasteiger partial charge in [0.15, 0.2) is 5.03 Å². The van der Waals surface area contributed by atoms with Crippen molar-refractivity contribution in [3.63, 3.8) is 0 Å². The molecular formula is C14H22ClN3O2S. The molecule has 0 saturated carbocycles. The Bertz CT molecular complexity index is 552. The first-order valence-corrected chi connectivity index (χ1v) is 9.14. The summed E-state index contributed by atoms with van der Waals surface area (Å²) in [5, 5.41) is 0.105. The van der Waals surface area contributed by atoms with Gasteiger partial charge < -0.3 is 4.90 Å². The Balaban J connectivity index is 2.03. The SMILES string of the molecule is CC(C)CN1CCN(S(=O)(=O)c2ccc(CCl)cn2)CC1. The fraction of sp³-hybridized carbons (Fsp3) is 0.643. The van der Waals surface area contributed by atoms with Crippen LogP contribution in [0.3, 0.4) is 0 Å². The van der Waals surface area contributed by atoms with Crippen LogP contribution < -0.4 is 0 Å². The average molecular weight is 332 g/mol. The van der Waals surface area contributed by atoms with Gasteiger partial charge in [-0.1, -0.05) is 19.9 Å². The van der Waals surface area contributed by atoms with Crippen molar-refractivity contribution in [3.8, 4) is 0 Å². The van der Waals surface area contributed by atoms with Crippen molar-refractivity contribution in [1.29, 1.82) is 0 Å². The van der Waals surface area contributed by atoms with E-state index in [2.05, 4.69) is 23.7 Å². The zero-order valence-electron chi connectivity index (χ0n) is 12.5. The number of piperazine rings is 1. The molecule has 1 aliphatic rings. The van der Waals surface area contributed by atoms with Gasteiger partial charge in [0.2, 0.25) is 0 Å². The second kappa shape index (κ2) is 7.05. The predicted octanol–water partition coefficient (Wildman–Crippen LogP) is 1.78. The second-order valence-corrected chi connectivity index (χ2v) is 7.89. The number of pyridine rings is 1. The van der Waals surface area contributed by atoms with Crippen molar-refractivity contribution in [2.75, 3.05) is 32.7 Å². The van der Waals surface area contributed by atoms with Gasteiger partial charge in [0.1, 0.15) is 0 Å². The van der Waals surface area contributed by atoms with Gasteiger partial charge in [0.25, 0.3) is 10.0 Å². The minimum absolute atomic E-state index is 0.105. The second-order valence-electron chi connectivity index (χ2n) is 5.74. The van der Waals surface area contributed by atoms with E-state index in [9.17, 15) is 8.42 Å². The van der Waals surface area contributed by atoms with E-state index in [0.29, 0.717) is 24.9 Å². The van der Waals surface area contributed by atoms with Gasteiger partial charge in [-0.15, -0.1) is 11.6 Å². The summed E-state index contributed by atoms with van der Waals surface area (Å²) in [5.74, 6) is 0.930. The first-order valence-electron chi connectivity index (χ1n) is 7.17. The van der Waals surface area contributed by atoms with Gasteiger partial charge in [0, 0.05) is 44.8 Å². The Kier molecular flexibility index (Phi) is 5.60. The highest BCUT2D eigenvalue weighted by Gasteiger charge is 2.29. The molecule has 5 nitrogen and oxygen atoms in total. The number of nitrogens with zero attached hydrogens (tertiary/aromatic N) is 3. The van der Waals surface area contributed by atoms with Crippen LogP contribution in [0.5, 0.6) is 0 Å². The molecule has 118 valence electrons. The molecule has 0 aliphatic carbocycles. The maximum absolute atomic E-state index is 12.5. The molecule has 7 heteroatoms. The molecule has 1 aromatic heterocycles. The van der Waals surface area contributed by atoms with Crippen LogP contribution in [-0.4, -0.2) is 55.3 Å². The largest absolute Gasteiger partial charge is 0.300 e. The fourth-order valence-corrected chi connectivity index (χ4v) is 3.94. The molecule has 2 rings (SSSR count). The number of halogens is 1. The quantitative estimate of drug-likeness (QED) is 0.772. The topological polar surface area (TPSA) is 53.5 Å². The third kappa shape index (κ3) is 4.16. The molecule has 1 saturated heterocycles. The average Bonchev–Trinajstić information content (AvgIpc) is 2.47. The highest BCUT2D eigenvalue weighted by atomic mass is 35.5. The molecule has 0 N–H and O–H groups in total. The monoisotopic (exact) mass is 331 g/mol. The standard InChI is InChI=1S/C14H22ClN3O2S/c1-12(2)11-17-5-7-18(8-6-17)21(19,20)14-4-3-13(9-15)10-16-14/h3-4,10,12H,5-9,11H2,1-2H3. The molecule has 21 heavy (non-hydrogen) atoms. The highest BCUT2D eigenvalue weighted by molar-refractivity contribution is 7.89. The van der Waals surface area contributed by atoms with Crippen molar-refractivity contribution >= 4 is 21.6 Å². The third-order valence-corrected chi connectivity index (χ3v) is 5.63. The minimum atomic E-state index is -3.49. The number of aromatic nitrogens is 1. The Labute approximate surface area is 132 Å². The Morgan fingerprint density at radius 2 is 1.90 bits per heavy atom. The summed E-state index contributed by atoms with van der Waals surface area (Å²) < 4.78 is 26.6. The van der Waals surface area contributed by atoms with Gasteiger partial charge in [-0.3, -0.25) is 0 Å². The maximum Gasteiger partial charge on any atom is 0.260 e. The zero-order chi connectivity index (χ0) is 15.5. The van der Waals surface area contributed by atoms with Crippen LogP contribution in [0.4, 0.5) is 0 Å². The maximum atomic E-state index is 12.5. The van der Waals surface area contributed by atoms with Crippen LogP contribution in [0.15, 0.2) is 23.4 Å². The molecule has 1 fully saturated rings. The summed E-state index contributed by atoms with van der Waals surface area (Å²) >= 11 is 5.69. The minimum Gasteiger partial charge on any atom is -0.300 e. The molecule has 0 unspecified atom stereocenters. The smallest absolute Gasteiger partial charge is 0.260 e. The first kappa shape index (κ1) is 16.7. The summed E-state index contributed by atoms with van der Waals surface area (Å²) in [7, 11) is -3.49. The van der Waals surface area contributed by atoms with E-state index in [4.69, 9.17) is 11.6 Å². The fourth-order valence-electron chi connectivity index (χ4n) is 2.44. The lowest BCUT2D eigenvalue weighted by atomic mass is 10.2. The number of hydrogen-bond acceptors (Lipinski definition) is 4. The summed E-state index contributed by atoms with van der Waals surface area (Å²) in [6, 6.07) is 3.25. The zero-order valence-corrected chi connectivity index (χ0v) is 14.1. The summed E-state index contributed by atoms with van der Waals surface area (Å²) in [6.07, 6.45) is 1.52. The number of sulfonamides is 1. The van der Waals surface area contributed by atoms with Crippen LogP contribution >= 0.6 is 11.6 Å². The van der Waals surface area contributed by atoms with Crippen LogP contribution in [0.25, 0.3) is 0 Å². The van der Waals surface area contributed by atoms with Crippen molar-refractivity contribution in [1.82, 2.24) is 14.2 Å². The van der Waals surface area contributed by atoms with Gasteiger partial charge in [-0.2, -0.15) is 4.31 Å². The van der Waals surface area contributed by atoms with Crippen LogP contribution in [0, 0.1) is 5.92 Å². The molecule has 0 radical (unpaired) electrons. The molecule has 0 amide bonds. The van der Waals surface area contributed by atoms with E-state index >= 15 is 0 Å². The molecule has 0 spiro atoms. The molecule has 1 aliphatic heterocycles. The lowest BCUT2D eigenvalue weighted by Gasteiger charge is -2.34. The van der Waals surface area contributed by atoms with Gasteiger partial charge in [0.05, 0.1) is 0 Å². The number of alkyl halides is 1. The summed E-state index contributed by atoms with van der Waals surface area (Å²) in [5.41, 5.74) is 0.817. The molecular weight excluding hydrogens is 310 g/mol. The van der Waals surface area contributed by atoms with Gasteiger partial charge in [-0.05, 0) is 17.5 Å². The van der Waals surface area contributed by atoms with Gasteiger partial charge >= 0.3 is 0 Å². The van der Waals surface area contributed by atoms with E-state index < -0.39 is 10.0 Å². The first-order chi connectivity index (χ1) is 9.93. The Morgan fingerprint density at radius 3 is 2.38 bits per heavy atom. The van der Waals surface area contributed by atoms with E-state index in [1.165, 1.54) is 16.6 Å². The van der Waals surface area contributed by atoms with Crippen LogP contribution in [0.1, 0.15) is 19.4 Å². The van der Waals surface area contributed by atoms with E-state index in [1.54, 1.807) is 6.07 Å². The molecule has 0 bridgehead atoms. The van der Waals surface area contributed by atoms with E-state index in [-0.39, 0.29) is 5.03 Å². The lowest BCUT2D eigenvalue weighted by molar-refractivity contribution is 0.172. The molecule has 0 atom stereocenters. The molecule has 0 aromatic carbocycles. The van der Waals surface area contributed by atoms with Crippen LogP contribution in [-0.2, 0) is 15.9 Å². The summed E-state index contributed by atoms with van der Waals surface area (Å²) in [4.78, 5) is 6.34. The predicted molar refractivity (Wildman–Crippen MR) is 83.8 cm³/mol. The molecule has 2 heterocycles. The Hall–Kier alpha value is -0.690. The lowest BCUT2D eigenvalue weighted by Crippen LogP contribution is -2.49. The third-order valence-electron chi connectivity index (χ3n) is 3.51. The number of hydrogen-bond donors (Lipinski definition) is 0. The van der Waals surface area contributed by atoms with Crippen molar-refractivity contribution in [2.24, 2.45) is 5.92 Å². The molecule has 1 aromatic rings. The van der Waals surface area contributed by atoms with E-state index in [1.807, 2.05) is 0 Å². The number of rotatable bonds is 5. The van der Waals surface area contributed by atoms with Crippen molar-refractivity contribution in [2.45, 2.75) is 24.8 Å². The van der Waals surface area contributed by atoms with Crippen molar-refractivity contribution < 1.29 is 8.42 Å². The van der Waals surface area contributed by atoms with Crippen LogP contribution in [0.2, 0.25) is 0 Å². The normalized spacial score (nSPS) is 18.3. The van der Waals surface area contributed by atoms with Crippen molar-refractivity contribution in [3.05, 3.63) is 23.9 Å². The van der Waals surface area contributed by atoms with Gasteiger partial charge in [-0.25, -0.2) is 13.4 Å². The highest BCUT2D eigenvalue weighted by Crippen LogP contribution is 2.17. The van der Waals surface area contributed by atoms with E-state index in [0.717, 1.165) is 25.2 Å². The Morgan fingerprint density at radius 1 is 1.24 bits per heavy atom. The summed E-state index contributed by atoms with van der Waals surface area (Å²) in [6.45, 7) is 7.95.